The molecule has 1 aromatic heterocycles. The molecule has 0 spiro atoms. The Morgan fingerprint density at radius 3 is 2.79 bits per heavy atom. The molecule has 2 heterocycles. The second kappa shape index (κ2) is 9.78. The Balaban J connectivity index is 1.54. The number of carbonyl (C=O) groups is 1. The van der Waals surface area contributed by atoms with Crippen LogP contribution in [0, 0.1) is 0 Å². The van der Waals surface area contributed by atoms with Crippen LogP contribution in [0.1, 0.15) is 17.7 Å². The van der Waals surface area contributed by atoms with E-state index in [0.717, 1.165) is 11.5 Å². The van der Waals surface area contributed by atoms with Crippen LogP contribution in [0.5, 0.6) is 5.75 Å². The van der Waals surface area contributed by atoms with Gasteiger partial charge in [-0.3, -0.25) is 4.79 Å². The van der Waals surface area contributed by atoms with Crippen LogP contribution in [0.2, 0.25) is 0 Å². The molecule has 1 aliphatic rings. The van der Waals surface area contributed by atoms with Crippen molar-refractivity contribution in [3.8, 4) is 5.75 Å². The largest absolute Gasteiger partial charge is 0.497 e. The number of nitrogens with zero attached hydrogens (tertiary/aromatic N) is 1. The maximum Gasteiger partial charge on any atom is 0.243 e. The standard InChI is InChI=1S/C19H24N2O4S3/c1-25-15-6-8-17(9-7-15)28(23,24)21-11-2-5-18(21)19(22)20-10-13-26-14-16-4-3-12-27-16/h3-4,6-9,12,18H,2,5,10-11,13-14H2,1H3,(H,20,22)/t18-/m1/s1. The van der Waals surface area contributed by atoms with Crippen molar-refractivity contribution in [3.63, 3.8) is 0 Å². The number of benzene rings is 1. The number of carbonyl (C=O) groups excluding carboxylic acids is 1. The third-order valence-corrected chi connectivity index (χ3v) is 8.53. The molecule has 3 rings (SSSR count). The highest BCUT2D eigenvalue weighted by molar-refractivity contribution is 7.98. The van der Waals surface area contributed by atoms with Crippen LogP contribution in [0.4, 0.5) is 0 Å². The summed E-state index contributed by atoms with van der Waals surface area (Å²) in [5.41, 5.74) is 0. The van der Waals surface area contributed by atoms with E-state index < -0.39 is 16.1 Å². The van der Waals surface area contributed by atoms with Gasteiger partial charge in [-0.1, -0.05) is 6.07 Å². The van der Waals surface area contributed by atoms with Gasteiger partial charge < -0.3 is 10.1 Å². The van der Waals surface area contributed by atoms with Crippen molar-refractivity contribution in [2.24, 2.45) is 0 Å². The van der Waals surface area contributed by atoms with Crippen molar-refractivity contribution >= 4 is 39.0 Å². The van der Waals surface area contributed by atoms with E-state index in [1.165, 1.54) is 28.4 Å². The Bertz CT molecular complexity index is 867. The summed E-state index contributed by atoms with van der Waals surface area (Å²) < 4.78 is 32.3. The van der Waals surface area contributed by atoms with Crippen LogP contribution in [0.3, 0.4) is 0 Å². The maximum atomic E-state index is 13.0. The predicted molar refractivity (Wildman–Crippen MR) is 113 cm³/mol. The summed E-state index contributed by atoms with van der Waals surface area (Å²) in [7, 11) is -2.18. The van der Waals surface area contributed by atoms with Crippen LogP contribution in [-0.4, -0.2) is 50.6 Å². The summed E-state index contributed by atoms with van der Waals surface area (Å²) in [5.74, 6) is 2.09. The second-order valence-corrected chi connectivity index (χ2v) is 10.4. The van der Waals surface area contributed by atoms with E-state index in [1.54, 1.807) is 35.2 Å². The van der Waals surface area contributed by atoms with Crippen molar-refractivity contribution < 1.29 is 17.9 Å². The van der Waals surface area contributed by atoms with E-state index in [-0.39, 0.29) is 10.8 Å². The van der Waals surface area contributed by atoms with Gasteiger partial charge in [-0.25, -0.2) is 8.42 Å². The molecule has 152 valence electrons. The van der Waals surface area contributed by atoms with Gasteiger partial charge in [-0.05, 0) is 48.6 Å². The van der Waals surface area contributed by atoms with Gasteiger partial charge in [0.1, 0.15) is 11.8 Å². The number of amides is 1. The van der Waals surface area contributed by atoms with Gasteiger partial charge >= 0.3 is 0 Å². The number of nitrogens with one attached hydrogen (secondary N) is 1. The number of thiophene rings is 1. The van der Waals surface area contributed by atoms with E-state index in [4.69, 9.17) is 4.74 Å². The van der Waals surface area contributed by atoms with E-state index in [0.29, 0.717) is 31.7 Å². The lowest BCUT2D eigenvalue weighted by molar-refractivity contribution is -0.124. The van der Waals surface area contributed by atoms with E-state index in [1.807, 2.05) is 6.07 Å². The normalized spacial score (nSPS) is 17.5. The molecule has 1 amide bonds. The third kappa shape index (κ3) is 5.08. The minimum absolute atomic E-state index is 0.180. The van der Waals surface area contributed by atoms with Crippen LogP contribution in [-0.2, 0) is 20.6 Å². The van der Waals surface area contributed by atoms with Gasteiger partial charge in [0.2, 0.25) is 15.9 Å². The Kier molecular flexibility index (Phi) is 7.39. The molecule has 0 aliphatic carbocycles. The zero-order valence-corrected chi connectivity index (χ0v) is 18.1. The first-order chi connectivity index (χ1) is 13.5. The summed E-state index contributed by atoms with van der Waals surface area (Å²) >= 11 is 3.48. The molecule has 1 fully saturated rings. The molecule has 1 atom stereocenters. The highest BCUT2D eigenvalue weighted by Gasteiger charge is 2.39. The maximum absolute atomic E-state index is 13.0. The number of hydrogen-bond acceptors (Lipinski definition) is 6. The fourth-order valence-electron chi connectivity index (χ4n) is 3.10. The third-order valence-electron chi connectivity index (χ3n) is 4.54. The Morgan fingerprint density at radius 2 is 2.11 bits per heavy atom. The zero-order chi connectivity index (χ0) is 20.0. The summed E-state index contributed by atoms with van der Waals surface area (Å²) in [5, 5.41) is 4.95. The first-order valence-electron chi connectivity index (χ1n) is 9.06. The number of sulfonamides is 1. The SMILES string of the molecule is COc1ccc(S(=O)(=O)N2CCC[C@@H]2C(=O)NCCSCc2cccs2)cc1. The number of hydrogen-bond donors (Lipinski definition) is 1. The number of methoxy groups -OCH3 is 1. The van der Waals surface area contributed by atoms with Crippen LogP contribution < -0.4 is 10.1 Å². The van der Waals surface area contributed by atoms with Crippen LogP contribution >= 0.6 is 23.1 Å². The molecular weight excluding hydrogens is 416 g/mol. The minimum atomic E-state index is -3.71. The summed E-state index contributed by atoms with van der Waals surface area (Å²) in [4.78, 5) is 14.1. The number of thioether (sulfide) groups is 1. The average molecular weight is 441 g/mol. The molecular formula is C19H24N2O4S3. The Morgan fingerprint density at radius 1 is 1.32 bits per heavy atom. The van der Waals surface area contributed by atoms with Gasteiger partial charge in [-0.2, -0.15) is 16.1 Å². The molecule has 0 radical (unpaired) electrons. The molecule has 2 aromatic rings. The first-order valence-corrected chi connectivity index (χ1v) is 12.5. The molecule has 0 saturated carbocycles. The molecule has 28 heavy (non-hydrogen) atoms. The summed E-state index contributed by atoms with van der Waals surface area (Å²) in [6, 6.07) is 9.74. The lowest BCUT2D eigenvalue weighted by atomic mass is 10.2. The highest BCUT2D eigenvalue weighted by atomic mass is 32.2. The molecule has 1 aromatic carbocycles. The van der Waals surface area contributed by atoms with Crippen molar-refractivity contribution in [1.29, 1.82) is 0 Å². The fraction of sp³-hybridized carbons (Fsp3) is 0.421. The Labute approximate surface area is 174 Å². The summed E-state index contributed by atoms with van der Waals surface area (Å²) in [6.45, 7) is 0.890. The van der Waals surface area contributed by atoms with Crippen molar-refractivity contribution in [3.05, 3.63) is 46.7 Å². The fourth-order valence-corrected chi connectivity index (χ4v) is 6.46. The zero-order valence-electron chi connectivity index (χ0n) is 15.7. The molecule has 0 unspecified atom stereocenters. The monoisotopic (exact) mass is 440 g/mol. The minimum Gasteiger partial charge on any atom is -0.497 e. The van der Waals surface area contributed by atoms with Gasteiger partial charge in [0, 0.05) is 29.5 Å². The lowest BCUT2D eigenvalue weighted by Gasteiger charge is -2.23. The van der Waals surface area contributed by atoms with Gasteiger partial charge in [0.25, 0.3) is 0 Å². The van der Waals surface area contributed by atoms with E-state index >= 15 is 0 Å². The molecule has 1 aliphatic heterocycles. The van der Waals surface area contributed by atoms with Crippen molar-refractivity contribution in [1.82, 2.24) is 9.62 Å². The average Bonchev–Trinajstić information content (AvgIpc) is 3.40. The van der Waals surface area contributed by atoms with Gasteiger partial charge in [-0.15, -0.1) is 11.3 Å². The van der Waals surface area contributed by atoms with E-state index in [9.17, 15) is 13.2 Å². The molecule has 0 bridgehead atoms. The van der Waals surface area contributed by atoms with Gasteiger partial charge in [0.05, 0.1) is 12.0 Å². The molecule has 1 saturated heterocycles. The lowest BCUT2D eigenvalue weighted by Crippen LogP contribution is -2.46. The van der Waals surface area contributed by atoms with E-state index in [2.05, 4.69) is 16.8 Å². The van der Waals surface area contributed by atoms with Gasteiger partial charge in [0.15, 0.2) is 0 Å². The molecule has 6 nitrogen and oxygen atoms in total. The van der Waals surface area contributed by atoms with Crippen LogP contribution in [0.15, 0.2) is 46.7 Å². The molecule has 1 N–H and O–H groups in total. The quantitative estimate of drug-likeness (QED) is 0.607. The first kappa shape index (κ1) is 21.2. The topological polar surface area (TPSA) is 75.7 Å². The highest BCUT2D eigenvalue weighted by Crippen LogP contribution is 2.27. The Hall–Kier alpha value is -1.55. The van der Waals surface area contributed by atoms with Crippen molar-refractivity contribution in [2.75, 3.05) is 26.0 Å². The molecule has 9 heteroatoms. The number of rotatable bonds is 9. The predicted octanol–water partition coefficient (Wildman–Crippen LogP) is 2.96. The second-order valence-electron chi connectivity index (χ2n) is 6.37. The smallest absolute Gasteiger partial charge is 0.243 e. The number of ether oxygens (including phenoxy) is 1. The summed E-state index contributed by atoms with van der Waals surface area (Å²) in [6.07, 6.45) is 1.23. The van der Waals surface area contributed by atoms with Crippen LogP contribution in [0.25, 0.3) is 0 Å². The van der Waals surface area contributed by atoms with Crippen molar-refractivity contribution in [2.45, 2.75) is 29.5 Å².